The summed E-state index contributed by atoms with van der Waals surface area (Å²) in [4.78, 5) is 0. The Kier molecular flexibility index (Phi) is 26.9. The summed E-state index contributed by atoms with van der Waals surface area (Å²) in [6, 6.07) is 0. The quantitative estimate of drug-likeness (QED) is 0.140. The highest BCUT2D eigenvalue weighted by Gasteiger charge is 1.95. The predicted molar refractivity (Wildman–Crippen MR) is 128 cm³/mol. The van der Waals surface area contributed by atoms with E-state index in [1.54, 1.807) is 0 Å². The standard InChI is InChI=1S/C27H54O/c1-3-5-7-9-11-13-14-15-16-17-19-21-23-25-27-28-26-24-22-20-18-12-10-8-6-4-2/h1-27H2. The molecule has 0 aliphatic heterocycles. The van der Waals surface area contributed by atoms with Crippen molar-refractivity contribution in [1.29, 1.82) is 0 Å². The Labute approximate surface area is 179 Å². The first-order valence-corrected chi connectivity index (χ1v) is 13.1. The van der Waals surface area contributed by atoms with Crippen LogP contribution in [0.25, 0.3) is 0 Å². The average Bonchev–Trinajstić information content (AvgIpc) is 2.71. The van der Waals surface area contributed by atoms with Gasteiger partial charge < -0.3 is 4.74 Å². The van der Waals surface area contributed by atoms with E-state index in [2.05, 4.69) is 13.8 Å². The SMILES string of the molecule is [CH2]CCCCCCCCCCCCCCCOCCCCCCCCCC[CH2]. The molecule has 0 spiro atoms. The van der Waals surface area contributed by atoms with Crippen LogP contribution in [0.5, 0.6) is 0 Å². The number of rotatable bonds is 25. The highest BCUT2D eigenvalue weighted by atomic mass is 16.5. The highest BCUT2D eigenvalue weighted by molar-refractivity contribution is 4.51. The van der Waals surface area contributed by atoms with E-state index in [1.165, 1.54) is 135 Å². The topological polar surface area (TPSA) is 9.23 Å². The third-order valence-electron chi connectivity index (χ3n) is 5.83. The Morgan fingerprint density at radius 2 is 0.500 bits per heavy atom. The maximum absolute atomic E-state index is 5.79. The molecular formula is C27H54O. The lowest BCUT2D eigenvalue weighted by atomic mass is 10.0. The molecular weight excluding hydrogens is 340 g/mol. The zero-order chi connectivity index (χ0) is 20.4. The summed E-state index contributed by atoms with van der Waals surface area (Å²) >= 11 is 0. The van der Waals surface area contributed by atoms with Gasteiger partial charge in [-0.2, -0.15) is 0 Å². The molecule has 0 aliphatic carbocycles. The number of ether oxygens (including phenoxy) is 1. The minimum Gasteiger partial charge on any atom is -0.381 e. The van der Waals surface area contributed by atoms with E-state index in [-0.39, 0.29) is 0 Å². The highest BCUT2D eigenvalue weighted by Crippen LogP contribution is 2.13. The fourth-order valence-electron chi connectivity index (χ4n) is 3.87. The lowest BCUT2D eigenvalue weighted by molar-refractivity contribution is 0.125. The van der Waals surface area contributed by atoms with E-state index in [9.17, 15) is 0 Å². The second-order valence-corrected chi connectivity index (χ2v) is 8.74. The van der Waals surface area contributed by atoms with Gasteiger partial charge in [0.05, 0.1) is 0 Å². The third-order valence-corrected chi connectivity index (χ3v) is 5.83. The van der Waals surface area contributed by atoms with Crippen LogP contribution >= 0.6 is 0 Å². The van der Waals surface area contributed by atoms with Crippen LogP contribution in [-0.4, -0.2) is 13.2 Å². The molecule has 1 nitrogen and oxygen atoms in total. The molecule has 0 N–H and O–H groups in total. The van der Waals surface area contributed by atoms with Crippen molar-refractivity contribution >= 4 is 0 Å². The molecule has 0 aromatic carbocycles. The molecule has 0 amide bonds. The number of hydrogen-bond acceptors (Lipinski definition) is 1. The van der Waals surface area contributed by atoms with Gasteiger partial charge in [-0.1, -0.05) is 149 Å². The lowest BCUT2D eigenvalue weighted by Crippen LogP contribution is -1.97. The molecule has 28 heavy (non-hydrogen) atoms. The summed E-state index contributed by atoms with van der Waals surface area (Å²) in [7, 11) is 0. The number of hydrogen-bond donors (Lipinski definition) is 0. The Balaban J connectivity index is 2.96. The van der Waals surface area contributed by atoms with Gasteiger partial charge in [-0.25, -0.2) is 0 Å². The molecule has 0 saturated carbocycles. The summed E-state index contributed by atoms with van der Waals surface area (Å²) < 4.78 is 5.79. The summed E-state index contributed by atoms with van der Waals surface area (Å²) in [5.74, 6) is 0. The van der Waals surface area contributed by atoms with Crippen molar-refractivity contribution in [2.75, 3.05) is 13.2 Å². The molecule has 0 aromatic rings. The first-order valence-electron chi connectivity index (χ1n) is 13.1. The normalized spacial score (nSPS) is 11.4. The zero-order valence-corrected chi connectivity index (χ0v) is 19.5. The summed E-state index contributed by atoms with van der Waals surface area (Å²) in [6.07, 6.45) is 31.4. The van der Waals surface area contributed by atoms with E-state index < -0.39 is 0 Å². The van der Waals surface area contributed by atoms with Crippen molar-refractivity contribution in [2.24, 2.45) is 0 Å². The van der Waals surface area contributed by atoms with Crippen LogP contribution in [0.4, 0.5) is 0 Å². The molecule has 0 unspecified atom stereocenters. The van der Waals surface area contributed by atoms with Crippen molar-refractivity contribution < 1.29 is 4.74 Å². The fraction of sp³-hybridized carbons (Fsp3) is 0.926. The van der Waals surface area contributed by atoms with E-state index in [0.29, 0.717) is 0 Å². The Hall–Kier alpha value is -0.0400. The monoisotopic (exact) mass is 394 g/mol. The Bertz CT molecular complexity index is 225. The second-order valence-electron chi connectivity index (χ2n) is 8.74. The molecule has 1 heteroatoms. The third kappa shape index (κ3) is 26.0. The molecule has 0 fully saturated rings. The van der Waals surface area contributed by atoms with E-state index in [4.69, 9.17) is 4.74 Å². The summed E-state index contributed by atoms with van der Waals surface area (Å²) in [5, 5.41) is 0. The van der Waals surface area contributed by atoms with Crippen molar-refractivity contribution in [2.45, 2.75) is 148 Å². The summed E-state index contributed by atoms with van der Waals surface area (Å²) in [5.41, 5.74) is 0. The van der Waals surface area contributed by atoms with Crippen LogP contribution in [0.2, 0.25) is 0 Å². The molecule has 0 rings (SSSR count). The Morgan fingerprint density at radius 1 is 0.286 bits per heavy atom. The minimum atomic E-state index is 0.983. The van der Waals surface area contributed by atoms with Gasteiger partial charge in [-0.15, -0.1) is 0 Å². The molecule has 168 valence electrons. The minimum absolute atomic E-state index is 0.983. The van der Waals surface area contributed by atoms with Gasteiger partial charge in [-0.3, -0.25) is 0 Å². The van der Waals surface area contributed by atoms with Crippen LogP contribution in [0.15, 0.2) is 0 Å². The molecule has 0 aromatic heterocycles. The van der Waals surface area contributed by atoms with Gasteiger partial charge in [-0.05, 0) is 12.8 Å². The van der Waals surface area contributed by atoms with Gasteiger partial charge in [0.2, 0.25) is 0 Å². The van der Waals surface area contributed by atoms with Gasteiger partial charge in [0.15, 0.2) is 0 Å². The average molecular weight is 395 g/mol. The maximum Gasteiger partial charge on any atom is 0.0466 e. The van der Waals surface area contributed by atoms with Crippen molar-refractivity contribution in [3.63, 3.8) is 0 Å². The van der Waals surface area contributed by atoms with Gasteiger partial charge >= 0.3 is 0 Å². The van der Waals surface area contributed by atoms with Gasteiger partial charge in [0.1, 0.15) is 0 Å². The van der Waals surface area contributed by atoms with Crippen LogP contribution < -0.4 is 0 Å². The smallest absolute Gasteiger partial charge is 0.0466 e. The van der Waals surface area contributed by atoms with Crippen LogP contribution in [0.1, 0.15) is 148 Å². The molecule has 0 atom stereocenters. The number of unbranched alkanes of at least 4 members (excludes halogenated alkanes) is 21. The zero-order valence-electron chi connectivity index (χ0n) is 19.5. The summed E-state index contributed by atoms with van der Waals surface area (Å²) in [6.45, 7) is 9.77. The second kappa shape index (κ2) is 27.0. The first kappa shape index (κ1) is 28.0. The largest absolute Gasteiger partial charge is 0.381 e. The first-order chi connectivity index (χ1) is 13.9. The molecule has 0 aliphatic rings. The van der Waals surface area contributed by atoms with E-state index in [1.807, 2.05) is 0 Å². The van der Waals surface area contributed by atoms with E-state index >= 15 is 0 Å². The van der Waals surface area contributed by atoms with Crippen molar-refractivity contribution in [3.05, 3.63) is 13.8 Å². The van der Waals surface area contributed by atoms with Gasteiger partial charge in [0.25, 0.3) is 0 Å². The molecule has 0 saturated heterocycles. The van der Waals surface area contributed by atoms with Crippen LogP contribution in [-0.2, 0) is 4.74 Å². The maximum atomic E-state index is 5.79. The molecule has 2 radical (unpaired) electrons. The lowest BCUT2D eigenvalue weighted by Gasteiger charge is -2.05. The van der Waals surface area contributed by atoms with E-state index in [0.717, 1.165) is 26.1 Å². The van der Waals surface area contributed by atoms with Crippen LogP contribution in [0, 0.1) is 13.8 Å². The van der Waals surface area contributed by atoms with Crippen molar-refractivity contribution in [1.82, 2.24) is 0 Å². The van der Waals surface area contributed by atoms with Gasteiger partial charge in [0, 0.05) is 13.2 Å². The van der Waals surface area contributed by atoms with Crippen molar-refractivity contribution in [3.8, 4) is 0 Å². The molecule has 0 heterocycles. The Morgan fingerprint density at radius 3 is 0.750 bits per heavy atom. The van der Waals surface area contributed by atoms with Crippen LogP contribution in [0.3, 0.4) is 0 Å². The molecule has 0 bridgehead atoms. The fourth-order valence-corrected chi connectivity index (χ4v) is 3.87. The predicted octanol–water partition coefficient (Wildman–Crippen LogP) is 9.64.